The molecule has 0 saturated heterocycles. The topological polar surface area (TPSA) is 20.3 Å². The Kier molecular flexibility index (Phi) is 7.49. The van der Waals surface area contributed by atoms with Crippen LogP contribution in [0.2, 0.25) is 0 Å². The summed E-state index contributed by atoms with van der Waals surface area (Å²) in [4.78, 5) is 14.5. The Morgan fingerprint density at radius 2 is 1.71 bits per heavy atom. The molecule has 0 unspecified atom stereocenters. The second-order valence-corrected chi connectivity index (χ2v) is 5.89. The standard InChI is InChI=1S/C15H31NO/c1-7-9-10-11-12-16(13(3)4)14(17)15(5,6)8-2/h13H,7-12H2,1-6H3. The fourth-order valence-corrected chi connectivity index (χ4v) is 1.84. The largest absolute Gasteiger partial charge is 0.340 e. The SMILES string of the molecule is CCCCCCN(C(=O)C(C)(C)CC)C(C)C. The van der Waals surface area contributed by atoms with E-state index in [1.165, 1.54) is 19.3 Å². The van der Waals surface area contributed by atoms with E-state index in [2.05, 4.69) is 46.4 Å². The molecule has 0 aromatic heterocycles. The first-order valence-electron chi connectivity index (χ1n) is 7.17. The van der Waals surface area contributed by atoms with Crippen LogP contribution in [0.4, 0.5) is 0 Å². The lowest BCUT2D eigenvalue weighted by Crippen LogP contribution is -2.45. The highest BCUT2D eigenvalue weighted by atomic mass is 16.2. The van der Waals surface area contributed by atoms with Crippen molar-refractivity contribution >= 4 is 5.91 Å². The van der Waals surface area contributed by atoms with E-state index >= 15 is 0 Å². The first-order chi connectivity index (χ1) is 7.86. The van der Waals surface area contributed by atoms with Gasteiger partial charge in [-0.05, 0) is 26.7 Å². The van der Waals surface area contributed by atoms with Crippen LogP contribution in [0.15, 0.2) is 0 Å². The highest BCUT2D eigenvalue weighted by Crippen LogP contribution is 2.24. The zero-order valence-electron chi connectivity index (χ0n) is 12.7. The van der Waals surface area contributed by atoms with Crippen LogP contribution in [0.1, 0.15) is 73.6 Å². The van der Waals surface area contributed by atoms with E-state index in [1.54, 1.807) is 0 Å². The van der Waals surface area contributed by atoms with Crippen molar-refractivity contribution in [3.63, 3.8) is 0 Å². The minimum Gasteiger partial charge on any atom is -0.340 e. The van der Waals surface area contributed by atoms with Gasteiger partial charge in [-0.15, -0.1) is 0 Å². The summed E-state index contributed by atoms with van der Waals surface area (Å²) in [6.07, 6.45) is 5.80. The summed E-state index contributed by atoms with van der Waals surface area (Å²) in [6.45, 7) is 13.6. The summed E-state index contributed by atoms with van der Waals surface area (Å²) >= 11 is 0. The van der Waals surface area contributed by atoms with Gasteiger partial charge in [-0.1, -0.05) is 47.0 Å². The molecule has 0 rings (SSSR count). The van der Waals surface area contributed by atoms with Crippen molar-refractivity contribution in [3.8, 4) is 0 Å². The van der Waals surface area contributed by atoms with Gasteiger partial charge >= 0.3 is 0 Å². The molecule has 2 nitrogen and oxygen atoms in total. The van der Waals surface area contributed by atoms with Gasteiger partial charge in [0.15, 0.2) is 0 Å². The van der Waals surface area contributed by atoms with Gasteiger partial charge in [0.05, 0.1) is 0 Å². The molecule has 0 fully saturated rings. The summed E-state index contributed by atoms with van der Waals surface area (Å²) in [7, 11) is 0. The van der Waals surface area contributed by atoms with Crippen LogP contribution in [0, 0.1) is 5.41 Å². The molecule has 0 aliphatic carbocycles. The van der Waals surface area contributed by atoms with E-state index in [9.17, 15) is 4.79 Å². The number of carbonyl (C=O) groups is 1. The Bertz CT molecular complexity index is 221. The highest BCUT2D eigenvalue weighted by Gasteiger charge is 2.31. The molecular weight excluding hydrogens is 210 g/mol. The van der Waals surface area contributed by atoms with Gasteiger partial charge < -0.3 is 4.90 Å². The summed E-state index contributed by atoms with van der Waals surface area (Å²) in [5, 5.41) is 0. The molecule has 0 aliphatic rings. The molecule has 102 valence electrons. The summed E-state index contributed by atoms with van der Waals surface area (Å²) in [5.74, 6) is 0.312. The molecule has 0 radical (unpaired) electrons. The molecule has 0 atom stereocenters. The van der Waals surface area contributed by atoms with Crippen LogP contribution in [-0.4, -0.2) is 23.4 Å². The Hall–Kier alpha value is -0.530. The third-order valence-electron chi connectivity index (χ3n) is 3.60. The molecular formula is C15H31NO. The lowest BCUT2D eigenvalue weighted by atomic mass is 9.88. The minimum absolute atomic E-state index is 0.213. The molecule has 0 saturated carbocycles. The van der Waals surface area contributed by atoms with Crippen molar-refractivity contribution in [1.29, 1.82) is 0 Å². The van der Waals surface area contributed by atoms with Crippen molar-refractivity contribution in [2.24, 2.45) is 5.41 Å². The first-order valence-corrected chi connectivity index (χ1v) is 7.17. The second-order valence-electron chi connectivity index (χ2n) is 5.89. The van der Waals surface area contributed by atoms with E-state index in [0.29, 0.717) is 11.9 Å². The second kappa shape index (κ2) is 7.73. The molecule has 17 heavy (non-hydrogen) atoms. The maximum atomic E-state index is 12.4. The molecule has 0 aromatic rings. The molecule has 0 bridgehead atoms. The average Bonchev–Trinajstić information content (AvgIpc) is 2.27. The Labute approximate surface area is 108 Å². The predicted molar refractivity (Wildman–Crippen MR) is 75.1 cm³/mol. The van der Waals surface area contributed by atoms with Gasteiger partial charge in [0.25, 0.3) is 0 Å². The van der Waals surface area contributed by atoms with Gasteiger partial charge in [-0.3, -0.25) is 4.79 Å². The lowest BCUT2D eigenvalue weighted by Gasteiger charge is -2.34. The van der Waals surface area contributed by atoms with Crippen LogP contribution in [0.25, 0.3) is 0 Å². The third-order valence-corrected chi connectivity index (χ3v) is 3.60. The molecule has 0 spiro atoms. The number of carbonyl (C=O) groups excluding carboxylic acids is 1. The molecule has 0 N–H and O–H groups in total. The average molecular weight is 241 g/mol. The van der Waals surface area contributed by atoms with Gasteiger partial charge in [-0.2, -0.15) is 0 Å². The zero-order valence-corrected chi connectivity index (χ0v) is 12.7. The van der Waals surface area contributed by atoms with Crippen LogP contribution >= 0.6 is 0 Å². The summed E-state index contributed by atoms with van der Waals surface area (Å²) in [5.41, 5.74) is -0.213. The van der Waals surface area contributed by atoms with Crippen molar-refractivity contribution in [2.45, 2.75) is 79.7 Å². The normalized spacial score (nSPS) is 11.9. The fraction of sp³-hybridized carbons (Fsp3) is 0.933. The van der Waals surface area contributed by atoms with E-state index in [1.807, 2.05) is 0 Å². The van der Waals surface area contributed by atoms with Gasteiger partial charge in [-0.25, -0.2) is 0 Å². The highest BCUT2D eigenvalue weighted by molar-refractivity contribution is 5.82. The van der Waals surface area contributed by atoms with E-state index < -0.39 is 0 Å². The Morgan fingerprint density at radius 3 is 2.12 bits per heavy atom. The smallest absolute Gasteiger partial charge is 0.228 e. The van der Waals surface area contributed by atoms with Crippen LogP contribution < -0.4 is 0 Å². The van der Waals surface area contributed by atoms with E-state index in [0.717, 1.165) is 19.4 Å². The van der Waals surface area contributed by atoms with Crippen molar-refractivity contribution in [3.05, 3.63) is 0 Å². The number of amides is 1. The zero-order chi connectivity index (χ0) is 13.5. The number of unbranched alkanes of at least 4 members (excludes halogenated alkanes) is 3. The number of rotatable bonds is 8. The Morgan fingerprint density at radius 1 is 1.12 bits per heavy atom. The lowest BCUT2D eigenvalue weighted by molar-refractivity contribution is -0.142. The van der Waals surface area contributed by atoms with Gasteiger partial charge in [0.2, 0.25) is 5.91 Å². The van der Waals surface area contributed by atoms with Crippen LogP contribution in [0.3, 0.4) is 0 Å². The molecule has 1 amide bonds. The van der Waals surface area contributed by atoms with Gasteiger partial charge in [0, 0.05) is 18.0 Å². The molecule has 0 aromatic carbocycles. The fourth-order valence-electron chi connectivity index (χ4n) is 1.84. The monoisotopic (exact) mass is 241 g/mol. The van der Waals surface area contributed by atoms with Crippen LogP contribution in [0.5, 0.6) is 0 Å². The minimum atomic E-state index is -0.213. The predicted octanol–water partition coefficient (Wildman–Crippen LogP) is 4.24. The van der Waals surface area contributed by atoms with E-state index in [-0.39, 0.29) is 5.41 Å². The maximum absolute atomic E-state index is 12.4. The van der Waals surface area contributed by atoms with Crippen LogP contribution in [-0.2, 0) is 4.79 Å². The van der Waals surface area contributed by atoms with Gasteiger partial charge in [0.1, 0.15) is 0 Å². The molecule has 0 aliphatic heterocycles. The van der Waals surface area contributed by atoms with Crippen molar-refractivity contribution in [2.75, 3.05) is 6.54 Å². The Balaban J connectivity index is 4.37. The number of nitrogens with zero attached hydrogens (tertiary/aromatic N) is 1. The first kappa shape index (κ1) is 16.5. The number of hydrogen-bond acceptors (Lipinski definition) is 1. The summed E-state index contributed by atoms with van der Waals surface area (Å²) < 4.78 is 0. The summed E-state index contributed by atoms with van der Waals surface area (Å²) in [6, 6.07) is 0.315. The number of hydrogen-bond donors (Lipinski definition) is 0. The van der Waals surface area contributed by atoms with Crippen molar-refractivity contribution < 1.29 is 4.79 Å². The van der Waals surface area contributed by atoms with Crippen molar-refractivity contribution in [1.82, 2.24) is 4.90 Å². The molecule has 0 heterocycles. The molecule has 2 heteroatoms. The quantitative estimate of drug-likeness (QED) is 0.582. The van der Waals surface area contributed by atoms with E-state index in [4.69, 9.17) is 0 Å². The third kappa shape index (κ3) is 5.56. The maximum Gasteiger partial charge on any atom is 0.228 e.